The van der Waals surface area contributed by atoms with Crippen molar-refractivity contribution < 1.29 is 14.3 Å². The van der Waals surface area contributed by atoms with Gasteiger partial charge in [0.1, 0.15) is 6.61 Å². The molecule has 17 heavy (non-hydrogen) atoms. The van der Waals surface area contributed by atoms with Crippen LogP contribution in [-0.2, 0) is 14.3 Å². The summed E-state index contributed by atoms with van der Waals surface area (Å²) < 4.78 is 9.97. The van der Waals surface area contributed by atoms with Gasteiger partial charge in [0.05, 0.1) is 13.2 Å². The van der Waals surface area contributed by atoms with Gasteiger partial charge in [-0.25, -0.2) is 4.79 Å². The molecule has 1 saturated carbocycles. The second-order valence-electron chi connectivity index (χ2n) is 4.74. The molecule has 0 heterocycles. The Hall–Kier alpha value is -0.610. The molecule has 0 bridgehead atoms. The third-order valence-electron chi connectivity index (χ3n) is 3.61. The average molecular weight is 243 g/mol. The maximum atomic E-state index is 11.0. The highest BCUT2D eigenvalue weighted by molar-refractivity contribution is 5.70. The lowest BCUT2D eigenvalue weighted by molar-refractivity contribution is -0.148. The molecule has 1 rings (SSSR count). The van der Waals surface area contributed by atoms with Crippen molar-refractivity contribution in [1.82, 2.24) is 5.32 Å². The van der Waals surface area contributed by atoms with Crippen LogP contribution < -0.4 is 5.32 Å². The zero-order valence-corrected chi connectivity index (χ0v) is 11.1. The van der Waals surface area contributed by atoms with E-state index in [2.05, 4.69) is 12.2 Å². The fraction of sp³-hybridized carbons (Fsp3) is 0.923. The Kier molecular flexibility index (Phi) is 6.52. The van der Waals surface area contributed by atoms with E-state index in [4.69, 9.17) is 9.47 Å². The molecule has 0 aliphatic heterocycles. The van der Waals surface area contributed by atoms with Gasteiger partial charge in [0.15, 0.2) is 0 Å². The van der Waals surface area contributed by atoms with Crippen molar-refractivity contribution >= 4 is 5.97 Å². The van der Waals surface area contributed by atoms with E-state index in [0.29, 0.717) is 18.6 Å². The van der Waals surface area contributed by atoms with Crippen LogP contribution in [0.3, 0.4) is 0 Å². The Bertz CT molecular complexity index is 221. The maximum absolute atomic E-state index is 11.0. The van der Waals surface area contributed by atoms with E-state index in [1.807, 2.05) is 0 Å². The largest absolute Gasteiger partial charge is 0.464 e. The third kappa shape index (κ3) is 5.04. The summed E-state index contributed by atoms with van der Waals surface area (Å²) in [6.07, 6.45) is 5.32. The van der Waals surface area contributed by atoms with Crippen LogP contribution in [0.4, 0.5) is 0 Å². The Morgan fingerprint density at radius 2 is 2.12 bits per heavy atom. The van der Waals surface area contributed by atoms with Crippen LogP contribution in [-0.4, -0.2) is 38.9 Å². The summed E-state index contributed by atoms with van der Waals surface area (Å²) in [5.41, 5.74) is 0.543. The van der Waals surface area contributed by atoms with Crippen molar-refractivity contribution in [2.45, 2.75) is 39.5 Å². The molecule has 100 valence electrons. The number of hydrogen-bond donors (Lipinski definition) is 1. The van der Waals surface area contributed by atoms with Crippen LogP contribution in [0.15, 0.2) is 0 Å². The smallest absolute Gasteiger partial charge is 0.332 e. The number of nitrogens with one attached hydrogen (secondary N) is 1. The first kappa shape index (κ1) is 14.5. The first-order chi connectivity index (χ1) is 8.22. The molecule has 0 amide bonds. The first-order valence-electron chi connectivity index (χ1n) is 6.66. The second-order valence-corrected chi connectivity index (χ2v) is 4.74. The molecule has 1 fully saturated rings. The number of ether oxygens (including phenoxy) is 2. The molecule has 0 unspecified atom stereocenters. The fourth-order valence-corrected chi connectivity index (χ4v) is 2.19. The Morgan fingerprint density at radius 3 is 2.65 bits per heavy atom. The van der Waals surface area contributed by atoms with Gasteiger partial charge in [-0.05, 0) is 31.6 Å². The molecule has 4 nitrogen and oxygen atoms in total. The van der Waals surface area contributed by atoms with Gasteiger partial charge in [-0.2, -0.15) is 0 Å². The van der Waals surface area contributed by atoms with Gasteiger partial charge in [0.2, 0.25) is 0 Å². The minimum absolute atomic E-state index is 0.0639. The van der Waals surface area contributed by atoms with E-state index in [-0.39, 0.29) is 12.6 Å². The van der Waals surface area contributed by atoms with Gasteiger partial charge in [0.25, 0.3) is 0 Å². The number of carbonyl (C=O) groups excluding carboxylic acids is 1. The fourth-order valence-electron chi connectivity index (χ4n) is 2.19. The summed E-state index contributed by atoms with van der Waals surface area (Å²) in [6, 6.07) is 0. The summed E-state index contributed by atoms with van der Waals surface area (Å²) in [6.45, 7) is 6.99. The van der Waals surface area contributed by atoms with E-state index < -0.39 is 0 Å². The molecule has 0 saturated heterocycles. The topological polar surface area (TPSA) is 47.6 Å². The van der Waals surface area contributed by atoms with Crippen LogP contribution in [0.1, 0.15) is 39.5 Å². The van der Waals surface area contributed by atoms with Crippen molar-refractivity contribution in [1.29, 1.82) is 0 Å². The molecule has 0 radical (unpaired) electrons. The van der Waals surface area contributed by atoms with Crippen molar-refractivity contribution in [2.75, 3.05) is 32.9 Å². The number of carbonyl (C=O) groups is 1. The van der Waals surface area contributed by atoms with Gasteiger partial charge in [-0.3, -0.25) is 0 Å². The molecular weight excluding hydrogens is 218 g/mol. The summed E-state index contributed by atoms with van der Waals surface area (Å²) in [4.78, 5) is 11.0. The number of rotatable bonds is 9. The van der Waals surface area contributed by atoms with Gasteiger partial charge >= 0.3 is 5.97 Å². The minimum Gasteiger partial charge on any atom is -0.464 e. The first-order valence-corrected chi connectivity index (χ1v) is 6.66. The highest BCUT2D eigenvalue weighted by Gasteiger charge is 2.34. The van der Waals surface area contributed by atoms with Crippen molar-refractivity contribution in [3.05, 3.63) is 0 Å². The Labute approximate surface area is 104 Å². The second kappa shape index (κ2) is 7.67. The summed E-state index contributed by atoms with van der Waals surface area (Å²) >= 11 is 0. The summed E-state index contributed by atoms with van der Waals surface area (Å²) in [5.74, 6) is -0.281. The van der Waals surface area contributed by atoms with Crippen LogP contribution >= 0.6 is 0 Å². The van der Waals surface area contributed by atoms with Crippen LogP contribution in [0.5, 0.6) is 0 Å². The summed E-state index contributed by atoms with van der Waals surface area (Å²) in [5, 5.41) is 3.41. The highest BCUT2D eigenvalue weighted by Crippen LogP contribution is 2.42. The molecule has 4 heteroatoms. The zero-order valence-electron chi connectivity index (χ0n) is 11.1. The molecule has 0 aromatic carbocycles. The molecule has 0 aromatic heterocycles. The number of esters is 1. The van der Waals surface area contributed by atoms with E-state index >= 15 is 0 Å². The third-order valence-corrected chi connectivity index (χ3v) is 3.61. The zero-order chi connectivity index (χ0) is 12.6. The van der Waals surface area contributed by atoms with E-state index in [0.717, 1.165) is 13.1 Å². The molecule has 1 aliphatic rings. The Balaban J connectivity index is 1.92. The molecule has 1 aliphatic carbocycles. The molecule has 0 atom stereocenters. The maximum Gasteiger partial charge on any atom is 0.332 e. The monoisotopic (exact) mass is 243 g/mol. The lowest BCUT2D eigenvalue weighted by Gasteiger charge is -2.41. The van der Waals surface area contributed by atoms with Crippen LogP contribution in [0, 0.1) is 5.41 Å². The lowest BCUT2D eigenvalue weighted by Crippen LogP contribution is -2.40. The minimum atomic E-state index is -0.281. The predicted molar refractivity (Wildman–Crippen MR) is 66.9 cm³/mol. The number of hydrogen-bond acceptors (Lipinski definition) is 4. The standard InChI is InChI=1S/C13H25NO3/c1-3-13(6-5-7-13)11-14-8-9-16-10-12(15)17-4-2/h14H,3-11H2,1-2H3. The summed E-state index contributed by atoms with van der Waals surface area (Å²) in [7, 11) is 0. The average Bonchev–Trinajstić information content (AvgIpc) is 2.26. The van der Waals surface area contributed by atoms with Gasteiger partial charge in [-0.15, -0.1) is 0 Å². The van der Waals surface area contributed by atoms with E-state index in [1.165, 1.54) is 25.7 Å². The van der Waals surface area contributed by atoms with Gasteiger partial charge < -0.3 is 14.8 Å². The van der Waals surface area contributed by atoms with Crippen molar-refractivity contribution in [3.63, 3.8) is 0 Å². The normalized spacial score (nSPS) is 17.5. The predicted octanol–water partition coefficient (Wildman–Crippen LogP) is 1.74. The SMILES string of the molecule is CCOC(=O)COCCNCC1(CC)CCC1. The van der Waals surface area contributed by atoms with Crippen LogP contribution in [0.25, 0.3) is 0 Å². The van der Waals surface area contributed by atoms with E-state index in [1.54, 1.807) is 6.92 Å². The quantitative estimate of drug-likeness (QED) is 0.495. The van der Waals surface area contributed by atoms with Gasteiger partial charge in [0, 0.05) is 13.1 Å². The van der Waals surface area contributed by atoms with Crippen molar-refractivity contribution in [3.8, 4) is 0 Å². The molecular formula is C13H25NO3. The molecule has 0 spiro atoms. The van der Waals surface area contributed by atoms with Crippen molar-refractivity contribution in [2.24, 2.45) is 5.41 Å². The van der Waals surface area contributed by atoms with E-state index in [9.17, 15) is 4.79 Å². The highest BCUT2D eigenvalue weighted by atomic mass is 16.6. The van der Waals surface area contributed by atoms with Crippen LogP contribution in [0.2, 0.25) is 0 Å². The Morgan fingerprint density at radius 1 is 1.35 bits per heavy atom. The molecule has 1 N–H and O–H groups in total. The van der Waals surface area contributed by atoms with Gasteiger partial charge in [-0.1, -0.05) is 13.3 Å². The molecule has 0 aromatic rings. The lowest BCUT2D eigenvalue weighted by atomic mass is 9.67.